The van der Waals surface area contributed by atoms with Crippen molar-refractivity contribution in [1.82, 2.24) is 15.5 Å². The predicted molar refractivity (Wildman–Crippen MR) is 40.8 cm³/mol. The fourth-order valence-corrected chi connectivity index (χ4v) is 0.742. The minimum absolute atomic E-state index is 0.644. The topological polar surface area (TPSA) is 51.0 Å². The van der Waals surface area contributed by atoms with Crippen molar-refractivity contribution in [3.05, 3.63) is 12.2 Å². The Kier molecular flexibility index (Phi) is 3.04. The van der Waals surface area contributed by atoms with Crippen molar-refractivity contribution in [3.8, 4) is 0 Å². The van der Waals surface area contributed by atoms with E-state index in [2.05, 4.69) is 29.3 Å². The Morgan fingerprint density at radius 1 is 1.64 bits per heavy atom. The number of hydrogen-bond donors (Lipinski definition) is 1. The third-order valence-electron chi connectivity index (χ3n) is 1.24. The van der Waals surface area contributed by atoms with Gasteiger partial charge in [0, 0.05) is 0 Å². The first-order valence-corrected chi connectivity index (χ1v) is 3.75. The maximum atomic E-state index is 4.79. The second-order valence-electron chi connectivity index (χ2n) is 2.86. The van der Waals surface area contributed by atoms with E-state index >= 15 is 0 Å². The second-order valence-corrected chi connectivity index (χ2v) is 2.86. The van der Waals surface area contributed by atoms with Gasteiger partial charge in [0.15, 0.2) is 6.33 Å². The van der Waals surface area contributed by atoms with E-state index in [1.807, 2.05) is 0 Å². The van der Waals surface area contributed by atoms with Crippen LogP contribution in [-0.4, -0.2) is 16.7 Å². The molecule has 0 aliphatic carbocycles. The number of nitrogens with zero attached hydrogens (tertiary/aromatic N) is 2. The van der Waals surface area contributed by atoms with Crippen LogP contribution in [-0.2, 0) is 6.54 Å². The van der Waals surface area contributed by atoms with Crippen LogP contribution in [0.2, 0.25) is 0 Å². The molecule has 1 N–H and O–H groups in total. The molecule has 1 aromatic rings. The van der Waals surface area contributed by atoms with Gasteiger partial charge >= 0.3 is 0 Å². The average molecular weight is 155 g/mol. The molecule has 1 heterocycles. The summed E-state index contributed by atoms with van der Waals surface area (Å²) in [6, 6.07) is 0. The summed E-state index contributed by atoms with van der Waals surface area (Å²) in [5.74, 6) is 1.29. The molecule has 0 unspecified atom stereocenters. The molecule has 0 saturated heterocycles. The van der Waals surface area contributed by atoms with Crippen LogP contribution in [0.4, 0.5) is 0 Å². The molecule has 1 aromatic heterocycles. The maximum absolute atomic E-state index is 4.79. The molecule has 0 saturated carbocycles. The van der Waals surface area contributed by atoms with Crippen LogP contribution in [0.15, 0.2) is 10.9 Å². The fraction of sp³-hybridized carbons (Fsp3) is 0.714. The quantitative estimate of drug-likeness (QED) is 0.699. The lowest BCUT2D eigenvalue weighted by molar-refractivity contribution is 0.363. The highest BCUT2D eigenvalue weighted by Gasteiger charge is 1.97. The van der Waals surface area contributed by atoms with Crippen molar-refractivity contribution in [1.29, 1.82) is 0 Å². The summed E-state index contributed by atoms with van der Waals surface area (Å²) >= 11 is 0. The molecule has 11 heavy (non-hydrogen) atoms. The number of rotatable bonds is 4. The summed E-state index contributed by atoms with van der Waals surface area (Å²) in [5.41, 5.74) is 0. The molecule has 0 aliphatic heterocycles. The van der Waals surface area contributed by atoms with Crippen LogP contribution in [0.5, 0.6) is 0 Å². The first kappa shape index (κ1) is 8.20. The normalized spacial score (nSPS) is 10.8. The van der Waals surface area contributed by atoms with Gasteiger partial charge < -0.3 is 9.84 Å². The molecule has 0 bridgehead atoms. The molecule has 0 amide bonds. The van der Waals surface area contributed by atoms with Gasteiger partial charge in [0.05, 0.1) is 6.54 Å². The van der Waals surface area contributed by atoms with Gasteiger partial charge in [0.2, 0.25) is 5.89 Å². The monoisotopic (exact) mass is 155 g/mol. The second kappa shape index (κ2) is 4.08. The summed E-state index contributed by atoms with van der Waals surface area (Å²) in [6.45, 7) is 5.95. The Balaban J connectivity index is 2.14. The molecule has 62 valence electrons. The molecular formula is C7H13N3O. The average Bonchev–Trinajstić information content (AvgIpc) is 2.39. The van der Waals surface area contributed by atoms with Gasteiger partial charge in [-0.2, -0.15) is 4.98 Å². The first-order valence-electron chi connectivity index (χ1n) is 3.75. The van der Waals surface area contributed by atoms with Gasteiger partial charge in [-0.1, -0.05) is 19.0 Å². The van der Waals surface area contributed by atoms with E-state index in [-0.39, 0.29) is 0 Å². The Hall–Kier alpha value is -0.900. The number of nitrogens with one attached hydrogen (secondary N) is 1. The van der Waals surface area contributed by atoms with Gasteiger partial charge in [-0.15, -0.1) is 0 Å². The minimum Gasteiger partial charge on any atom is -0.338 e. The molecule has 0 aromatic carbocycles. The van der Waals surface area contributed by atoms with Crippen LogP contribution in [0, 0.1) is 5.92 Å². The van der Waals surface area contributed by atoms with Gasteiger partial charge in [0.1, 0.15) is 0 Å². The Morgan fingerprint density at radius 2 is 2.45 bits per heavy atom. The molecule has 0 fully saturated rings. The van der Waals surface area contributed by atoms with Crippen LogP contribution >= 0.6 is 0 Å². The molecular weight excluding hydrogens is 142 g/mol. The lowest BCUT2D eigenvalue weighted by Crippen LogP contribution is -2.18. The molecule has 4 nitrogen and oxygen atoms in total. The molecule has 4 heteroatoms. The van der Waals surface area contributed by atoms with Crippen LogP contribution in [0.3, 0.4) is 0 Å². The SMILES string of the molecule is CC(C)CNCc1ncno1. The summed E-state index contributed by atoms with van der Waals surface area (Å²) in [5, 5.41) is 6.68. The highest BCUT2D eigenvalue weighted by molar-refractivity contribution is 4.72. The predicted octanol–water partition coefficient (Wildman–Crippen LogP) is 0.815. The molecule has 1 rings (SSSR count). The van der Waals surface area contributed by atoms with E-state index in [0.717, 1.165) is 6.54 Å². The van der Waals surface area contributed by atoms with Crippen molar-refractivity contribution in [3.63, 3.8) is 0 Å². The van der Waals surface area contributed by atoms with Gasteiger partial charge in [-0.05, 0) is 12.5 Å². The molecule has 0 spiro atoms. The van der Waals surface area contributed by atoms with Crippen molar-refractivity contribution < 1.29 is 4.52 Å². The zero-order chi connectivity index (χ0) is 8.10. The minimum atomic E-state index is 0.644. The van der Waals surface area contributed by atoms with E-state index in [1.54, 1.807) is 0 Å². The Labute approximate surface area is 66.0 Å². The van der Waals surface area contributed by atoms with E-state index in [0.29, 0.717) is 18.4 Å². The highest BCUT2D eigenvalue weighted by Crippen LogP contribution is 1.91. The zero-order valence-corrected chi connectivity index (χ0v) is 6.87. The lowest BCUT2D eigenvalue weighted by atomic mass is 10.2. The molecule has 0 radical (unpaired) electrons. The lowest BCUT2D eigenvalue weighted by Gasteiger charge is -2.03. The maximum Gasteiger partial charge on any atom is 0.240 e. The van der Waals surface area contributed by atoms with Crippen LogP contribution in [0.25, 0.3) is 0 Å². The smallest absolute Gasteiger partial charge is 0.240 e. The van der Waals surface area contributed by atoms with E-state index < -0.39 is 0 Å². The summed E-state index contributed by atoms with van der Waals surface area (Å²) in [4.78, 5) is 3.87. The summed E-state index contributed by atoms with van der Waals surface area (Å²) in [6.07, 6.45) is 1.41. The van der Waals surface area contributed by atoms with Crippen LogP contribution < -0.4 is 5.32 Å². The number of aromatic nitrogens is 2. The molecule has 0 aliphatic rings. The van der Waals surface area contributed by atoms with Crippen LogP contribution in [0.1, 0.15) is 19.7 Å². The summed E-state index contributed by atoms with van der Waals surface area (Å²) in [7, 11) is 0. The van der Waals surface area contributed by atoms with Crippen molar-refractivity contribution in [2.24, 2.45) is 5.92 Å². The molecule has 0 atom stereocenters. The third kappa shape index (κ3) is 3.13. The van der Waals surface area contributed by atoms with Crippen molar-refractivity contribution in [2.75, 3.05) is 6.54 Å². The summed E-state index contributed by atoms with van der Waals surface area (Å²) < 4.78 is 4.79. The van der Waals surface area contributed by atoms with E-state index in [4.69, 9.17) is 4.52 Å². The van der Waals surface area contributed by atoms with Gasteiger partial charge in [-0.3, -0.25) is 0 Å². The number of hydrogen-bond acceptors (Lipinski definition) is 4. The van der Waals surface area contributed by atoms with Gasteiger partial charge in [-0.25, -0.2) is 0 Å². The van der Waals surface area contributed by atoms with Gasteiger partial charge in [0.25, 0.3) is 0 Å². The highest BCUT2D eigenvalue weighted by atomic mass is 16.5. The van der Waals surface area contributed by atoms with Crippen molar-refractivity contribution >= 4 is 0 Å². The Bertz CT molecular complexity index is 184. The Morgan fingerprint density at radius 3 is 3.00 bits per heavy atom. The standard InChI is InChI=1S/C7H13N3O/c1-6(2)3-8-4-7-9-5-10-11-7/h5-6,8H,3-4H2,1-2H3. The van der Waals surface area contributed by atoms with Crippen molar-refractivity contribution in [2.45, 2.75) is 20.4 Å². The van der Waals surface area contributed by atoms with E-state index in [9.17, 15) is 0 Å². The fourth-order valence-electron chi connectivity index (χ4n) is 0.742. The first-order chi connectivity index (χ1) is 5.29. The third-order valence-corrected chi connectivity index (χ3v) is 1.24. The largest absolute Gasteiger partial charge is 0.338 e. The van der Waals surface area contributed by atoms with E-state index in [1.165, 1.54) is 6.33 Å². The zero-order valence-electron chi connectivity index (χ0n) is 6.87.